The number of rotatable bonds is 5. The molecule has 0 amide bonds. The maximum absolute atomic E-state index is 8.30. The Balaban J connectivity index is 3.76. The van der Waals surface area contributed by atoms with Crippen molar-refractivity contribution in [1.82, 2.24) is 4.90 Å². The van der Waals surface area contributed by atoms with Crippen molar-refractivity contribution in [2.24, 2.45) is 5.73 Å². The largest absolute Gasteiger partial charge is 0.352 e. The van der Waals surface area contributed by atoms with Crippen molar-refractivity contribution in [2.75, 3.05) is 6.54 Å². The summed E-state index contributed by atoms with van der Waals surface area (Å²) >= 11 is 4.74. The first kappa shape index (κ1) is 10.3. The molecule has 0 fully saturated rings. The molecule has 0 saturated carbocycles. The lowest BCUT2D eigenvalue weighted by atomic mass is 10.3. The number of nitrogens with zero attached hydrogens (tertiary/aromatic N) is 2. The first-order valence-electron chi connectivity index (χ1n) is 3.59. The third-order valence-corrected chi connectivity index (χ3v) is 1.73. The van der Waals surface area contributed by atoms with Crippen LogP contribution in [-0.2, 0) is 0 Å². The maximum atomic E-state index is 8.30. The highest BCUT2D eigenvalue weighted by atomic mass is 32.1. The number of thiocarbonyl (C=S) groups is 1. The molecular formula is C7H13N3S. The molecule has 0 aliphatic carbocycles. The fourth-order valence-corrected chi connectivity index (χ4v) is 0.972. The van der Waals surface area contributed by atoms with Gasteiger partial charge >= 0.3 is 0 Å². The molecule has 0 saturated heterocycles. The van der Waals surface area contributed by atoms with Crippen molar-refractivity contribution in [3.05, 3.63) is 0 Å². The number of hydrogen-bond donors (Lipinski definition) is 1. The molecule has 0 radical (unpaired) electrons. The highest BCUT2D eigenvalue weighted by Gasteiger charge is 2.06. The molecule has 0 spiro atoms. The van der Waals surface area contributed by atoms with Gasteiger partial charge in [0.25, 0.3) is 0 Å². The van der Waals surface area contributed by atoms with Gasteiger partial charge in [-0.2, -0.15) is 5.26 Å². The van der Waals surface area contributed by atoms with E-state index in [0.29, 0.717) is 13.0 Å². The van der Waals surface area contributed by atoms with Gasteiger partial charge < -0.3 is 10.6 Å². The van der Waals surface area contributed by atoms with Gasteiger partial charge in [0.15, 0.2) is 0 Å². The summed E-state index contributed by atoms with van der Waals surface area (Å²) in [4.78, 5) is 1.80. The lowest BCUT2D eigenvalue weighted by molar-refractivity contribution is 0.328. The summed E-state index contributed by atoms with van der Waals surface area (Å²) in [5.41, 5.74) is 7.21. The Labute approximate surface area is 72.8 Å². The van der Waals surface area contributed by atoms with Crippen LogP contribution in [0.2, 0.25) is 0 Å². The minimum atomic E-state index is -0.0409. The minimum Gasteiger partial charge on any atom is -0.352 e. The van der Waals surface area contributed by atoms with Gasteiger partial charge in [-0.3, -0.25) is 0 Å². The van der Waals surface area contributed by atoms with E-state index >= 15 is 0 Å². The van der Waals surface area contributed by atoms with Crippen LogP contribution in [0.15, 0.2) is 0 Å². The van der Waals surface area contributed by atoms with E-state index in [-0.39, 0.29) is 6.17 Å². The van der Waals surface area contributed by atoms with Crippen LogP contribution in [0.1, 0.15) is 19.8 Å². The highest BCUT2D eigenvalue weighted by molar-refractivity contribution is 7.78. The van der Waals surface area contributed by atoms with Crippen LogP contribution in [0.3, 0.4) is 0 Å². The van der Waals surface area contributed by atoms with Crippen molar-refractivity contribution >= 4 is 17.7 Å². The van der Waals surface area contributed by atoms with Crippen molar-refractivity contribution in [1.29, 1.82) is 5.26 Å². The molecule has 11 heavy (non-hydrogen) atoms. The van der Waals surface area contributed by atoms with E-state index < -0.39 is 0 Å². The summed E-state index contributed by atoms with van der Waals surface area (Å²) in [7, 11) is 0. The maximum Gasteiger partial charge on any atom is 0.0770 e. The molecule has 0 aromatic heterocycles. The molecule has 0 aliphatic heterocycles. The van der Waals surface area contributed by atoms with Crippen LogP contribution in [0, 0.1) is 11.3 Å². The summed E-state index contributed by atoms with van der Waals surface area (Å²) in [6, 6.07) is 2.05. The zero-order valence-electron chi connectivity index (χ0n) is 6.66. The summed E-state index contributed by atoms with van der Waals surface area (Å²) in [6.07, 6.45) is 1.28. The molecule has 3 nitrogen and oxygen atoms in total. The first-order valence-corrected chi connectivity index (χ1v) is 4.07. The molecule has 0 rings (SSSR count). The van der Waals surface area contributed by atoms with E-state index in [2.05, 4.69) is 0 Å². The lowest BCUT2D eigenvalue weighted by Crippen LogP contribution is -2.40. The molecule has 0 aromatic rings. The summed E-state index contributed by atoms with van der Waals surface area (Å²) in [6.45, 7) is 2.62. The summed E-state index contributed by atoms with van der Waals surface area (Å²) < 4.78 is 0. The molecule has 0 heterocycles. The van der Waals surface area contributed by atoms with E-state index in [0.717, 1.165) is 6.42 Å². The fourth-order valence-electron chi connectivity index (χ4n) is 0.710. The van der Waals surface area contributed by atoms with Crippen LogP contribution >= 0.6 is 12.2 Å². The second kappa shape index (κ2) is 6.08. The van der Waals surface area contributed by atoms with Gasteiger partial charge in [-0.15, -0.1) is 0 Å². The summed E-state index contributed by atoms with van der Waals surface area (Å²) in [5, 5.41) is 8.30. The van der Waals surface area contributed by atoms with Gasteiger partial charge in [-0.25, -0.2) is 0 Å². The van der Waals surface area contributed by atoms with Crippen LogP contribution in [0.5, 0.6) is 0 Å². The molecule has 0 aliphatic rings. The van der Waals surface area contributed by atoms with Crippen LogP contribution in [-0.4, -0.2) is 23.1 Å². The van der Waals surface area contributed by atoms with Gasteiger partial charge in [0, 0.05) is 6.54 Å². The Bertz CT molecular complexity index is 152. The quantitative estimate of drug-likeness (QED) is 0.492. The highest BCUT2D eigenvalue weighted by Crippen LogP contribution is 1.95. The number of nitrogens with two attached hydrogens (primary N) is 1. The average molecular weight is 171 g/mol. The third kappa shape index (κ3) is 3.91. The molecular weight excluding hydrogens is 158 g/mol. The van der Waals surface area contributed by atoms with Crippen LogP contribution in [0.4, 0.5) is 0 Å². The Morgan fingerprint density at radius 3 is 2.82 bits per heavy atom. The van der Waals surface area contributed by atoms with Gasteiger partial charge in [0.2, 0.25) is 0 Å². The Morgan fingerprint density at radius 2 is 2.45 bits per heavy atom. The smallest absolute Gasteiger partial charge is 0.0770 e. The number of nitriles is 1. The predicted molar refractivity (Wildman–Crippen MR) is 48.9 cm³/mol. The van der Waals surface area contributed by atoms with Crippen molar-refractivity contribution in [3.8, 4) is 6.07 Å². The van der Waals surface area contributed by atoms with E-state index in [1.54, 1.807) is 4.90 Å². The standard InChI is InChI=1S/C7H13N3S/c1-2-7(9)10(6-11)5-3-4-8/h6-7H,2-3,5,9H2,1H3. The lowest BCUT2D eigenvalue weighted by Gasteiger charge is -2.23. The van der Waals surface area contributed by atoms with Gasteiger partial charge in [0.1, 0.15) is 0 Å². The minimum absolute atomic E-state index is 0.0409. The molecule has 0 bridgehead atoms. The predicted octanol–water partition coefficient (Wildman–Crippen LogP) is 0.854. The molecule has 2 N–H and O–H groups in total. The topological polar surface area (TPSA) is 53.0 Å². The SMILES string of the molecule is CCC(N)N(C=S)CCC#N. The fraction of sp³-hybridized carbons (Fsp3) is 0.714. The van der Waals surface area contributed by atoms with Gasteiger partial charge in [-0.1, -0.05) is 19.1 Å². The van der Waals surface area contributed by atoms with Crippen molar-refractivity contribution in [3.63, 3.8) is 0 Å². The summed E-state index contributed by atoms with van der Waals surface area (Å²) in [5.74, 6) is 0. The monoisotopic (exact) mass is 171 g/mol. The van der Waals surface area contributed by atoms with Crippen molar-refractivity contribution in [2.45, 2.75) is 25.9 Å². The van der Waals surface area contributed by atoms with Gasteiger partial charge in [-0.05, 0) is 6.42 Å². The average Bonchev–Trinajstić information content (AvgIpc) is 2.05. The van der Waals surface area contributed by atoms with E-state index in [9.17, 15) is 0 Å². The van der Waals surface area contributed by atoms with E-state index in [1.165, 1.54) is 5.49 Å². The normalized spacial score (nSPS) is 11.7. The van der Waals surface area contributed by atoms with Gasteiger partial charge in [0.05, 0.1) is 24.1 Å². The molecule has 4 heteroatoms. The van der Waals surface area contributed by atoms with E-state index in [4.69, 9.17) is 23.2 Å². The second-order valence-electron chi connectivity index (χ2n) is 2.23. The second-order valence-corrected chi connectivity index (χ2v) is 2.44. The molecule has 62 valence electrons. The van der Waals surface area contributed by atoms with Crippen LogP contribution < -0.4 is 5.73 Å². The van der Waals surface area contributed by atoms with Crippen LogP contribution in [0.25, 0.3) is 0 Å². The zero-order valence-corrected chi connectivity index (χ0v) is 7.47. The molecule has 1 unspecified atom stereocenters. The Morgan fingerprint density at radius 1 is 1.82 bits per heavy atom. The molecule has 1 atom stereocenters. The third-order valence-electron chi connectivity index (χ3n) is 1.46. The number of hydrogen-bond acceptors (Lipinski definition) is 3. The Kier molecular flexibility index (Phi) is 5.71. The Hall–Kier alpha value is -0.660. The zero-order chi connectivity index (χ0) is 8.69. The first-order chi connectivity index (χ1) is 5.26. The van der Waals surface area contributed by atoms with E-state index in [1.807, 2.05) is 13.0 Å². The molecule has 0 aromatic carbocycles. The van der Waals surface area contributed by atoms with Crippen molar-refractivity contribution < 1.29 is 0 Å².